The van der Waals surface area contributed by atoms with Gasteiger partial charge in [0.15, 0.2) is 0 Å². The number of hydrogen-bond donors (Lipinski definition) is 1. The highest BCUT2D eigenvalue weighted by Crippen LogP contribution is 2.29. The van der Waals surface area contributed by atoms with Crippen molar-refractivity contribution in [1.82, 2.24) is 4.98 Å². The van der Waals surface area contributed by atoms with Crippen molar-refractivity contribution in [2.75, 3.05) is 6.61 Å². The third-order valence-electron chi connectivity index (χ3n) is 3.25. The van der Waals surface area contributed by atoms with Gasteiger partial charge in [0.2, 0.25) is 0 Å². The van der Waals surface area contributed by atoms with E-state index in [-0.39, 0.29) is 6.04 Å². The predicted octanol–water partition coefficient (Wildman–Crippen LogP) is 2.67. The SMILES string of the molecule is CC(N)c1ccc(OCCC2CCC2)cn1. The van der Waals surface area contributed by atoms with Gasteiger partial charge < -0.3 is 10.5 Å². The Morgan fingerprint density at radius 2 is 2.31 bits per heavy atom. The molecule has 16 heavy (non-hydrogen) atoms. The molecule has 1 aliphatic rings. The molecule has 1 saturated carbocycles. The Labute approximate surface area is 97.0 Å². The minimum absolute atomic E-state index is 0.0102. The summed E-state index contributed by atoms with van der Waals surface area (Å²) in [7, 11) is 0. The maximum absolute atomic E-state index is 5.73. The van der Waals surface area contributed by atoms with Crippen LogP contribution in [0.2, 0.25) is 0 Å². The van der Waals surface area contributed by atoms with Crippen LogP contribution in [-0.4, -0.2) is 11.6 Å². The minimum Gasteiger partial charge on any atom is -0.492 e. The molecule has 88 valence electrons. The summed E-state index contributed by atoms with van der Waals surface area (Å²) in [6.45, 7) is 2.74. The molecule has 0 spiro atoms. The zero-order valence-corrected chi connectivity index (χ0v) is 9.86. The van der Waals surface area contributed by atoms with Gasteiger partial charge >= 0.3 is 0 Å². The molecule has 1 aromatic heterocycles. The van der Waals surface area contributed by atoms with Gasteiger partial charge in [0.1, 0.15) is 5.75 Å². The number of ether oxygens (including phenoxy) is 1. The minimum atomic E-state index is -0.0102. The standard InChI is InChI=1S/C13H20N2O/c1-10(14)13-6-5-12(9-15-13)16-8-7-11-3-2-4-11/h5-6,9-11H,2-4,7-8,14H2,1H3. The van der Waals surface area contributed by atoms with E-state index in [0.29, 0.717) is 0 Å². The Kier molecular flexibility index (Phi) is 3.78. The molecule has 0 amide bonds. The van der Waals surface area contributed by atoms with E-state index in [2.05, 4.69) is 4.98 Å². The molecule has 0 bridgehead atoms. The fraction of sp³-hybridized carbons (Fsp3) is 0.615. The molecule has 2 N–H and O–H groups in total. The second-order valence-electron chi connectivity index (χ2n) is 4.64. The topological polar surface area (TPSA) is 48.1 Å². The first kappa shape index (κ1) is 11.4. The number of nitrogens with two attached hydrogens (primary N) is 1. The van der Waals surface area contributed by atoms with Crippen molar-refractivity contribution in [3.8, 4) is 5.75 Å². The van der Waals surface area contributed by atoms with Crippen LogP contribution in [0.1, 0.15) is 44.3 Å². The van der Waals surface area contributed by atoms with E-state index in [9.17, 15) is 0 Å². The molecular formula is C13H20N2O. The number of hydrogen-bond acceptors (Lipinski definition) is 3. The first-order valence-electron chi connectivity index (χ1n) is 6.10. The molecule has 0 radical (unpaired) electrons. The van der Waals surface area contributed by atoms with Gasteiger partial charge in [0, 0.05) is 6.04 Å². The summed E-state index contributed by atoms with van der Waals surface area (Å²) in [5.41, 5.74) is 6.63. The molecule has 1 aromatic rings. The van der Waals surface area contributed by atoms with E-state index in [1.807, 2.05) is 19.1 Å². The Hall–Kier alpha value is -1.09. The van der Waals surface area contributed by atoms with Gasteiger partial charge in [0.25, 0.3) is 0 Å². The summed E-state index contributed by atoms with van der Waals surface area (Å²) in [6.07, 6.45) is 7.10. The molecule has 3 heteroatoms. The molecule has 2 rings (SSSR count). The Morgan fingerprint density at radius 1 is 1.50 bits per heavy atom. The molecule has 0 aliphatic heterocycles. The van der Waals surface area contributed by atoms with Gasteiger partial charge in [-0.25, -0.2) is 0 Å². The highest BCUT2D eigenvalue weighted by molar-refractivity contribution is 5.21. The number of nitrogens with zero attached hydrogens (tertiary/aromatic N) is 1. The molecule has 0 aromatic carbocycles. The van der Waals surface area contributed by atoms with Crippen molar-refractivity contribution in [2.24, 2.45) is 11.7 Å². The van der Waals surface area contributed by atoms with Crippen LogP contribution in [0, 0.1) is 5.92 Å². The van der Waals surface area contributed by atoms with Gasteiger partial charge in [-0.2, -0.15) is 0 Å². The van der Waals surface area contributed by atoms with Crippen molar-refractivity contribution in [1.29, 1.82) is 0 Å². The monoisotopic (exact) mass is 220 g/mol. The van der Waals surface area contributed by atoms with Crippen LogP contribution in [0.3, 0.4) is 0 Å². The van der Waals surface area contributed by atoms with Crippen LogP contribution in [-0.2, 0) is 0 Å². The third kappa shape index (κ3) is 2.95. The second-order valence-corrected chi connectivity index (χ2v) is 4.64. The summed E-state index contributed by atoms with van der Waals surface area (Å²) >= 11 is 0. The average molecular weight is 220 g/mol. The molecule has 1 unspecified atom stereocenters. The van der Waals surface area contributed by atoms with Crippen molar-refractivity contribution in [3.05, 3.63) is 24.0 Å². The third-order valence-corrected chi connectivity index (χ3v) is 3.25. The van der Waals surface area contributed by atoms with Gasteiger partial charge in [-0.15, -0.1) is 0 Å². The molecule has 1 aliphatic carbocycles. The van der Waals surface area contributed by atoms with Gasteiger partial charge in [0.05, 0.1) is 18.5 Å². The van der Waals surface area contributed by atoms with Gasteiger partial charge in [-0.1, -0.05) is 19.3 Å². The van der Waals surface area contributed by atoms with Crippen LogP contribution < -0.4 is 10.5 Å². The first-order chi connectivity index (χ1) is 7.75. The maximum atomic E-state index is 5.73. The van der Waals surface area contributed by atoms with Gasteiger partial charge in [-0.3, -0.25) is 4.98 Å². The van der Waals surface area contributed by atoms with Crippen LogP contribution in [0.4, 0.5) is 0 Å². The lowest BCUT2D eigenvalue weighted by atomic mass is 9.83. The lowest BCUT2D eigenvalue weighted by Crippen LogP contribution is -2.14. The first-order valence-corrected chi connectivity index (χ1v) is 6.10. The van der Waals surface area contributed by atoms with Gasteiger partial charge in [-0.05, 0) is 31.4 Å². The van der Waals surface area contributed by atoms with E-state index in [1.165, 1.54) is 25.7 Å². The summed E-state index contributed by atoms with van der Waals surface area (Å²) in [5, 5.41) is 0. The van der Waals surface area contributed by atoms with E-state index < -0.39 is 0 Å². The largest absolute Gasteiger partial charge is 0.492 e. The van der Waals surface area contributed by atoms with E-state index in [4.69, 9.17) is 10.5 Å². The second kappa shape index (κ2) is 5.30. The lowest BCUT2D eigenvalue weighted by molar-refractivity contribution is 0.221. The molecular weight excluding hydrogens is 200 g/mol. The van der Waals surface area contributed by atoms with E-state index >= 15 is 0 Å². The fourth-order valence-corrected chi connectivity index (χ4v) is 1.87. The summed E-state index contributed by atoms with van der Waals surface area (Å²) in [6, 6.07) is 3.87. The number of pyridine rings is 1. The summed E-state index contributed by atoms with van der Waals surface area (Å²) < 4.78 is 5.64. The number of aromatic nitrogens is 1. The Balaban J connectivity index is 1.75. The Bertz CT molecular complexity index is 317. The van der Waals surface area contributed by atoms with Crippen molar-refractivity contribution >= 4 is 0 Å². The zero-order valence-electron chi connectivity index (χ0n) is 9.86. The molecule has 0 saturated heterocycles. The van der Waals surface area contributed by atoms with Crippen molar-refractivity contribution in [2.45, 2.75) is 38.6 Å². The molecule has 1 atom stereocenters. The summed E-state index contributed by atoms with van der Waals surface area (Å²) in [4.78, 5) is 4.26. The van der Waals surface area contributed by atoms with Crippen LogP contribution in [0.5, 0.6) is 5.75 Å². The highest BCUT2D eigenvalue weighted by Gasteiger charge is 2.16. The fourth-order valence-electron chi connectivity index (χ4n) is 1.87. The smallest absolute Gasteiger partial charge is 0.137 e. The quantitative estimate of drug-likeness (QED) is 0.830. The van der Waals surface area contributed by atoms with Crippen LogP contribution >= 0.6 is 0 Å². The summed E-state index contributed by atoms with van der Waals surface area (Å²) in [5.74, 6) is 1.75. The molecule has 1 heterocycles. The zero-order chi connectivity index (χ0) is 11.4. The molecule has 1 fully saturated rings. The van der Waals surface area contributed by atoms with E-state index in [0.717, 1.165) is 24.0 Å². The van der Waals surface area contributed by atoms with Crippen LogP contribution in [0.25, 0.3) is 0 Å². The maximum Gasteiger partial charge on any atom is 0.137 e. The van der Waals surface area contributed by atoms with Crippen LogP contribution in [0.15, 0.2) is 18.3 Å². The normalized spacial score (nSPS) is 17.9. The van der Waals surface area contributed by atoms with Crippen molar-refractivity contribution < 1.29 is 4.74 Å². The Morgan fingerprint density at radius 3 is 2.81 bits per heavy atom. The number of rotatable bonds is 5. The average Bonchev–Trinajstić information content (AvgIpc) is 2.22. The highest BCUT2D eigenvalue weighted by atomic mass is 16.5. The lowest BCUT2D eigenvalue weighted by Gasteiger charge is -2.24. The van der Waals surface area contributed by atoms with E-state index in [1.54, 1.807) is 6.20 Å². The predicted molar refractivity (Wildman–Crippen MR) is 64.3 cm³/mol. The molecule has 3 nitrogen and oxygen atoms in total. The van der Waals surface area contributed by atoms with Crippen molar-refractivity contribution in [3.63, 3.8) is 0 Å².